The Morgan fingerprint density at radius 3 is 2.69 bits per heavy atom. The van der Waals surface area contributed by atoms with Crippen LogP contribution in [0.25, 0.3) is 21.7 Å². The lowest BCUT2D eigenvalue weighted by Gasteiger charge is -2.14. The zero-order valence-corrected chi connectivity index (χ0v) is 18.3. The number of aryl methyl sites for hydroxylation is 1. The molecule has 4 heterocycles. The van der Waals surface area contributed by atoms with Crippen LogP contribution >= 0.6 is 11.5 Å². The normalized spacial score (nSPS) is 11.5. The second-order valence-electron chi connectivity index (χ2n) is 7.09. The monoisotopic (exact) mass is 496 g/mol. The minimum absolute atomic E-state index is 0.0122. The Labute approximate surface area is 197 Å². The van der Waals surface area contributed by atoms with Crippen LogP contribution in [0.15, 0.2) is 42.9 Å². The number of nitriles is 1. The Hall–Kier alpha value is -4.71. The third-order valence-corrected chi connectivity index (χ3v) is 5.70. The van der Waals surface area contributed by atoms with E-state index >= 15 is 0 Å². The van der Waals surface area contributed by atoms with E-state index in [-0.39, 0.29) is 28.5 Å². The lowest BCUT2D eigenvalue weighted by atomic mass is 10.1. The van der Waals surface area contributed by atoms with Gasteiger partial charge in [0.25, 0.3) is 5.91 Å². The highest BCUT2D eigenvalue weighted by Gasteiger charge is 2.41. The average Bonchev–Trinajstić information content (AvgIpc) is 3.59. The topological polar surface area (TPSA) is 140 Å². The van der Waals surface area contributed by atoms with E-state index in [1.165, 1.54) is 37.5 Å². The quantitative estimate of drug-likeness (QED) is 0.400. The predicted molar refractivity (Wildman–Crippen MR) is 116 cm³/mol. The highest BCUT2D eigenvalue weighted by Crippen LogP contribution is 2.36. The number of anilines is 1. The summed E-state index contributed by atoms with van der Waals surface area (Å²) in [5.74, 6) is -0.958. The van der Waals surface area contributed by atoms with Gasteiger partial charge in [-0.3, -0.25) is 4.79 Å². The molecule has 4 aromatic heterocycles. The number of aromatic nitrogens is 8. The molecule has 11 nitrogen and oxygen atoms in total. The largest absolute Gasteiger partial charge is 0.434 e. The first-order valence-electron chi connectivity index (χ1n) is 9.74. The first kappa shape index (κ1) is 22.1. The van der Waals surface area contributed by atoms with E-state index in [2.05, 4.69) is 35.2 Å². The molecule has 5 rings (SSSR count). The molecular weight excluding hydrogens is 485 g/mol. The zero-order chi connectivity index (χ0) is 24.7. The lowest BCUT2D eigenvalue weighted by molar-refractivity contribution is -0.143. The second-order valence-corrected chi connectivity index (χ2v) is 7.85. The minimum atomic E-state index is -4.91. The number of hydrogen-bond acceptors (Lipinski definition) is 9. The summed E-state index contributed by atoms with van der Waals surface area (Å²) >= 11 is 0.914. The summed E-state index contributed by atoms with van der Waals surface area (Å²) in [6, 6.07) is 7.77. The SMILES string of the molecule is Cc1nc(-n2nccn2)c(C#N)cc1NC(=O)c1cnn(-c2cccc3nnsc23)c1C(F)(F)F. The van der Waals surface area contributed by atoms with Gasteiger partial charge in [0.15, 0.2) is 11.5 Å². The Kier molecular flexibility index (Phi) is 5.21. The molecule has 0 aliphatic heterocycles. The second kappa shape index (κ2) is 8.25. The third-order valence-electron chi connectivity index (χ3n) is 4.93. The van der Waals surface area contributed by atoms with Gasteiger partial charge in [-0.25, -0.2) is 9.67 Å². The van der Waals surface area contributed by atoms with E-state index in [9.17, 15) is 23.2 Å². The van der Waals surface area contributed by atoms with Crippen LogP contribution in [0.3, 0.4) is 0 Å². The molecule has 0 unspecified atom stereocenters. The van der Waals surface area contributed by atoms with E-state index in [0.717, 1.165) is 22.5 Å². The van der Waals surface area contributed by atoms with Crippen LogP contribution < -0.4 is 5.32 Å². The molecule has 15 heteroatoms. The van der Waals surface area contributed by atoms with Crippen molar-refractivity contribution in [1.82, 2.24) is 39.3 Å². The van der Waals surface area contributed by atoms with Gasteiger partial charge in [-0.1, -0.05) is 10.6 Å². The molecule has 1 N–H and O–H groups in total. The van der Waals surface area contributed by atoms with Crippen molar-refractivity contribution in [2.24, 2.45) is 0 Å². The predicted octanol–water partition coefficient (Wildman–Crippen LogP) is 3.30. The molecule has 0 fully saturated rings. The van der Waals surface area contributed by atoms with Crippen molar-refractivity contribution < 1.29 is 18.0 Å². The average molecular weight is 496 g/mol. The molecule has 35 heavy (non-hydrogen) atoms. The van der Waals surface area contributed by atoms with Crippen LogP contribution in [0.1, 0.15) is 27.3 Å². The zero-order valence-electron chi connectivity index (χ0n) is 17.5. The Bertz CT molecular complexity index is 1610. The van der Waals surface area contributed by atoms with Crippen molar-refractivity contribution in [1.29, 1.82) is 5.26 Å². The third kappa shape index (κ3) is 3.85. The van der Waals surface area contributed by atoms with Crippen LogP contribution in [0.2, 0.25) is 0 Å². The summed E-state index contributed by atoms with van der Waals surface area (Å²) < 4.78 is 47.2. The number of benzene rings is 1. The number of pyridine rings is 1. The van der Waals surface area contributed by atoms with Gasteiger partial charge < -0.3 is 5.32 Å². The fourth-order valence-corrected chi connectivity index (χ4v) is 4.06. The molecule has 0 aliphatic rings. The molecule has 0 saturated carbocycles. The number of fused-ring (bicyclic) bond motifs is 1. The van der Waals surface area contributed by atoms with Gasteiger partial charge in [-0.05, 0) is 36.7 Å². The van der Waals surface area contributed by atoms with Crippen LogP contribution in [0.4, 0.5) is 18.9 Å². The van der Waals surface area contributed by atoms with E-state index in [1.807, 2.05) is 6.07 Å². The highest BCUT2D eigenvalue weighted by molar-refractivity contribution is 7.13. The molecule has 1 aromatic carbocycles. The van der Waals surface area contributed by atoms with E-state index in [1.54, 1.807) is 6.07 Å². The maximum atomic E-state index is 14.1. The van der Waals surface area contributed by atoms with Crippen LogP contribution in [-0.4, -0.2) is 45.3 Å². The summed E-state index contributed by atoms with van der Waals surface area (Å²) in [5, 5.41) is 27.5. The standard InChI is InChI=1S/C20H11F3N10OS/c1-10-14(7-11(8-24)18(28-10)33-25-5-6-26-33)29-19(34)12-9-27-32(17(12)20(21,22)23)15-4-2-3-13-16(15)35-31-30-13/h2-7,9H,1H3,(H,29,34). The number of rotatable bonds is 4. The Morgan fingerprint density at radius 1 is 1.20 bits per heavy atom. The molecule has 0 aliphatic carbocycles. The van der Waals surface area contributed by atoms with Crippen molar-refractivity contribution >= 4 is 33.3 Å². The van der Waals surface area contributed by atoms with Crippen molar-refractivity contribution in [2.75, 3.05) is 5.32 Å². The molecule has 0 spiro atoms. The summed E-state index contributed by atoms with van der Waals surface area (Å²) in [5.41, 5.74) is -1.17. The maximum Gasteiger partial charge on any atom is 0.434 e. The Morgan fingerprint density at radius 2 is 1.97 bits per heavy atom. The van der Waals surface area contributed by atoms with Crippen molar-refractivity contribution in [3.05, 3.63) is 65.4 Å². The van der Waals surface area contributed by atoms with Crippen LogP contribution in [0, 0.1) is 18.3 Å². The lowest BCUT2D eigenvalue weighted by Crippen LogP contribution is -2.21. The van der Waals surface area contributed by atoms with Crippen molar-refractivity contribution in [2.45, 2.75) is 13.1 Å². The molecule has 1 amide bonds. The number of nitrogens with zero attached hydrogens (tertiary/aromatic N) is 9. The molecule has 0 saturated heterocycles. The number of halogens is 3. The van der Waals surface area contributed by atoms with Crippen LogP contribution in [0.5, 0.6) is 0 Å². The minimum Gasteiger partial charge on any atom is -0.320 e. The van der Waals surface area contributed by atoms with Crippen LogP contribution in [-0.2, 0) is 6.18 Å². The van der Waals surface area contributed by atoms with E-state index in [0.29, 0.717) is 14.9 Å². The first-order chi connectivity index (χ1) is 16.8. The van der Waals surface area contributed by atoms with Gasteiger partial charge in [0.1, 0.15) is 21.8 Å². The Balaban J connectivity index is 1.56. The molecule has 174 valence electrons. The molecule has 0 radical (unpaired) electrons. The summed E-state index contributed by atoms with van der Waals surface area (Å²) in [6.45, 7) is 1.52. The first-order valence-corrected chi connectivity index (χ1v) is 10.5. The highest BCUT2D eigenvalue weighted by atomic mass is 32.1. The van der Waals surface area contributed by atoms with Gasteiger partial charge in [0.05, 0.1) is 41.2 Å². The molecule has 0 bridgehead atoms. The van der Waals surface area contributed by atoms with Gasteiger partial charge >= 0.3 is 6.18 Å². The number of hydrogen-bond donors (Lipinski definition) is 1. The molecular formula is C20H11F3N10OS. The molecule has 5 aromatic rings. The fraction of sp³-hybridized carbons (Fsp3) is 0.100. The number of carbonyl (C=O) groups excluding carboxylic acids is 1. The van der Waals surface area contributed by atoms with Crippen molar-refractivity contribution in [3.8, 4) is 17.6 Å². The number of nitrogens with one attached hydrogen (secondary N) is 1. The summed E-state index contributed by atoms with van der Waals surface area (Å²) in [4.78, 5) is 18.3. The fourth-order valence-electron chi connectivity index (χ4n) is 3.40. The van der Waals surface area contributed by atoms with E-state index < -0.39 is 23.3 Å². The van der Waals surface area contributed by atoms with Gasteiger partial charge in [-0.2, -0.15) is 33.7 Å². The maximum absolute atomic E-state index is 14.1. The van der Waals surface area contributed by atoms with Gasteiger partial charge in [0.2, 0.25) is 0 Å². The van der Waals surface area contributed by atoms with Gasteiger partial charge in [-0.15, -0.1) is 9.90 Å². The van der Waals surface area contributed by atoms with Gasteiger partial charge in [0, 0.05) is 0 Å². The summed E-state index contributed by atoms with van der Waals surface area (Å²) in [7, 11) is 0. The smallest absolute Gasteiger partial charge is 0.320 e. The number of carbonyl (C=O) groups is 1. The number of alkyl halides is 3. The molecule has 0 atom stereocenters. The van der Waals surface area contributed by atoms with E-state index in [4.69, 9.17) is 0 Å². The number of amides is 1. The van der Waals surface area contributed by atoms with Crippen molar-refractivity contribution in [3.63, 3.8) is 0 Å². The summed E-state index contributed by atoms with van der Waals surface area (Å²) in [6.07, 6.45) is -1.29.